The Hall–Kier alpha value is -2.48. The normalized spacial score (nSPS) is 14.1. The smallest absolute Gasteiger partial charge is 0.323 e. The number of carbonyl (C=O) groups is 3. The van der Waals surface area contributed by atoms with Crippen LogP contribution < -0.4 is 28.3 Å². The van der Waals surface area contributed by atoms with Crippen molar-refractivity contribution in [3.05, 3.63) is 0 Å². The van der Waals surface area contributed by atoms with E-state index >= 15 is 0 Å². The summed E-state index contributed by atoms with van der Waals surface area (Å²) in [6, 6.07) is -2.67. The molecular weight excluding hydrogens is 388 g/mol. The van der Waals surface area contributed by atoms with Gasteiger partial charge in [0.2, 0.25) is 0 Å². The molecule has 4 unspecified atom stereocenters. The summed E-state index contributed by atoms with van der Waals surface area (Å²) in [6.45, 7) is 5.71. The number of carboxylic acids is 3. The molecule has 0 amide bonds. The van der Waals surface area contributed by atoms with Gasteiger partial charge in [-0.05, 0) is 32.1 Å². The van der Waals surface area contributed by atoms with E-state index in [1.165, 1.54) is 6.92 Å². The summed E-state index contributed by atoms with van der Waals surface area (Å²) in [6.07, 6.45) is 0.547. The molecule has 0 aliphatic heterocycles. The van der Waals surface area contributed by atoms with Gasteiger partial charge in [-0.2, -0.15) is 0 Å². The van der Waals surface area contributed by atoms with E-state index in [1.54, 1.807) is 0 Å². The van der Waals surface area contributed by atoms with E-state index in [-0.39, 0.29) is 5.96 Å². The summed E-state index contributed by atoms with van der Waals surface area (Å²) < 4.78 is 0. The predicted octanol–water partition coefficient (Wildman–Crippen LogP) is -2.11. The number of nitrogens with two attached hydrogens (primary N) is 4. The number of hydrogen-bond acceptors (Lipinski definition) is 8. The average molecular weight is 424 g/mol. The van der Waals surface area contributed by atoms with Crippen LogP contribution in [-0.4, -0.2) is 75.1 Å². The number of guanidine groups is 1. The van der Waals surface area contributed by atoms with Crippen molar-refractivity contribution in [2.24, 2.45) is 28.9 Å². The number of rotatable bonds is 10. The first kappa shape index (κ1) is 31.2. The van der Waals surface area contributed by atoms with Gasteiger partial charge >= 0.3 is 17.9 Å². The van der Waals surface area contributed by atoms with E-state index in [4.69, 9.17) is 48.8 Å². The molecule has 0 aromatic heterocycles. The first-order valence-electron chi connectivity index (χ1n) is 8.84. The van der Waals surface area contributed by atoms with Crippen LogP contribution in [0.1, 0.15) is 40.0 Å². The van der Waals surface area contributed by atoms with E-state index in [9.17, 15) is 14.4 Å². The van der Waals surface area contributed by atoms with Crippen LogP contribution in [0.2, 0.25) is 0 Å². The molecule has 13 heteroatoms. The molecule has 0 spiro atoms. The highest BCUT2D eigenvalue weighted by Crippen LogP contribution is 2.01. The number of nitrogens with one attached hydrogen (secondary N) is 2. The second kappa shape index (κ2) is 17.6. The van der Waals surface area contributed by atoms with Crippen molar-refractivity contribution in [1.82, 2.24) is 5.32 Å². The molecule has 14 N–H and O–H groups in total. The van der Waals surface area contributed by atoms with E-state index < -0.39 is 42.1 Å². The molecule has 0 bridgehead atoms. The minimum Gasteiger partial charge on any atom is -0.480 e. The fourth-order valence-corrected chi connectivity index (χ4v) is 1.48. The third-order valence-corrected chi connectivity index (χ3v) is 3.17. The van der Waals surface area contributed by atoms with E-state index in [0.717, 1.165) is 0 Å². The summed E-state index contributed by atoms with van der Waals surface area (Å²) >= 11 is 0. The van der Waals surface area contributed by atoms with Crippen molar-refractivity contribution in [3.8, 4) is 0 Å². The van der Waals surface area contributed by atoms with E-state index in [2.05, 4.69) is 5.32 Å². The maximum Gasteiger partial charge on any atom is 0.323 e. The lowest BCUT2D eigenvalue weighted by Gasteiger charge is -2.07. The summed E-state index contributed by atoms with van der Waals surface area (Å²) in [5.41, 5.74) is 20.3. The van der Waals surface area contributed by atoms with Gasteiger partial charge in [0, 0.05) is 6.54 Å². The molecular formula is C16H36N6O7. The van der Waals surface area contributed by atoms with Crippen molar-refractivity contribution < 1.29 is 34.8 Å². The van der Waals surface area contributed by atoms with Gasteiger partial charge in [0.05, 0.1) is 6.10 Å². The molecule has 29 heavy (non-hydrogen) atoms. The zero-order valence-electron chi connectivity index (χ0n) is 17.0. The number of aliphatic carboxylic acids is 3. The maximum atomic E-state index is 10.2. The zero-order valence-corrected chi connectivity index (χ0v) is 17.0. The summed E-state index contributed by atoms with van der Waals surface area (Å²) in [5, 5.41) is 42.6. The van der Waals surface area contributed by atoms with Gasteiger partial charge in [-0.15, -0.1) is 0 Å². The van der Waals surface area contributed by atoms with Crippen LogP contribution >= 0.6 is 0 Å². The third-order valence-electron chi connectivity index (χ3n) is 3.17. The van der Waals surface area contributed by atoms with Crippen LogP contribution in [-0.2, 0) is 14.4 Å². The lowest BCUT2D eigenvalue weighted by molar-refractivity contribution is -0.141. The molecule has 0 saturated carbocycles. The maximum absolute atomic E-state index is 10.2. The van der Waals surface area contributed by atoms with Crippen molar-refractivity contribution in [2.45, 2.75) is 64.3 Å². The second-order valence-corrected chi connectivity index (χ2v) is 6.61. The largest absolute Gasteiger partial charge is 0.480 e. The number of hydrogen-bond donors (Lipinski definition) is 10. The molecule has 0 aliphatic rings. The molecule has 0 radical (unpaired) electrons. The Labute approximate surface area is 169 Å². The van der Waals surface area contributed by atoms with Crippen molar-refractivity contribution in [3.63, 3.8) is 0 Å². The van der Waals surface area contributed by atoms with Crippen LogP contribution in [0.15, 0.2) is 0 Å². The van der Waals surface area contributed by atoms with E-state index in [1.807, 2.05) is 13.8 Å². The molecule has 0 aromatic rings. The standard InChI is InChI=1S/C6H14N4O2.C6H13NO2.C4H9NO3/c7-4(5(11)12)2-1-3-10-6(8)9;1-4(2)3-5(7)6(8)9;1-2(6)3(5)4(7)8/h4H,1-3,7H2,(H,11,12)(H4,8,9,10);4-5H,3,7H2,1-2H3,(H,8,9);2-3,6H,5H2,1H3,(H,7,8). The van der Waals surface area contributed by atoms with Gasteiger partial charge in [0.1, 0.15) is 18.1 Å². The number of aliphatic hydroxyl groups excluding tert-OH is 1. The highest BCUT2D eigenvalue weighted by Gasteiger charge is 2.16. The van der Waals surface area contributed by atoms with Gasteiger partial charge in [-0.3, -0.25) is 19.8 Å². The van der Waals surface area contributed by atoms with Crippen molar-refractivity contribution >= 4 is 23.9 Å². The van der Waals surface area contributed by atoms with Crippen LogP contribution in [0.5, 0.6) is 0 Å². The molecule has 13 nitrogen and oxygen atoms in total. The van der Waals surface area contributed by atoms with Gasteiger partial charge in [0.25, 0.3) is 0 Å². The molecule has 0 fully saturated rings. The quantitative estimate of drug-likeness (QED) is 0.102. The van der Waals surface area contributed by atoms with Crippen LogP contribution in [0, 0.1) is 11.3 Å². The molecule has 0 saturated heterocycles. The van der Waals surface area contributed by atoms with Crippen molar-refractivity contribution in [2.75, 3.05) is 6.54 Å². The second-order valence-electron chi connectivity index (χ2n) is 6.61. The highest BCUT2D eigenvalue weighted by atomic mass is 16.4. The molecule has 0 rings (SSSR count). The van der Waals surface area contributed by atoms with Gasteiger partial charge in [0.15, 0.2) is 5.96 Å². The number of aliphatic hydroxyl groups is 1. The van der Waals surface area contributed by atoms with Gasteiger partial charge in [-0.25, -0.2) is 0 Å². The molecule has 0 aliphatic carbocycles. The monoisotopic (exact) mass is 424 g/mol. The Morgan fingerprint density at radius 3 is 1.59 bits per heavy atom. The first-order valence-corrected chi connectivity index (χ1v) is 8.84. The third kappa shape index (κ3) is 23.5. The van der Waals surface area contributed by atoms with Crippen LogP contribution in [0.25, 0.3) is 0 Å². The topological polar surface area (TPSA) is 272 Å². The fraction of sp³-hybridized carbons (Fsp3) is 0.750. The minimum absolute atomic E-state index is 0.112. The molecule has 0 aromatic carbocycles. The Morgan fingerprint density at radius 1 is 0.931 bits per heavy atom. The minimum atomic E-state index is -1.18. The van der Waals surface area contributed by atoms with Gasteiger partial charge in [-0.1, -0.05) is 13.8 Å². The zero-order chi connectivity index (χ0) is 23.7. The first-order chi connectivity index (χ1) is 13.1. The SMILES string of the molecule is CC(C)CC(N)C(=O)O.CC(O)C(N)C(=O)O.N=C(N)NCCCC(N)C(=O)O. The Balaban J connectivity index is -0.000000359. The molecule has 4 atom stereocenters. The van der Waals surface area contributed by atoms with Crippen molar-refractivity contribution in [1.29, 1.82) is 5.41 Å². The van der Waals surface area contributed by atoms with Gasteiger partial charge < -0.3 is 48.7 Å². The molecule has 0 heterocycles. The number of carboxylic acid groups (broad SMARTS) is 3. The lowest BCUT2D eigenvalue weighted by atomic mass is 10.1. The predicted molar refractivity (Wildman–Crippen MR) is 107 cm³/mol. The van der Waals surface area contributed by atoms with E-state index in [0.29, 0.717) is 31.7 Å². The fourth-order valence-electron chi connectivity index (χ4n) is 1.48. The summed E-state index contributed by atoms with van der Waals surface area (Å²) in [5.74, 6) is -2.85. The Kier molecular flexibility index (Phi) is 19.0. The molecule has 172 valence electrons. The lowest BCUT2D eigenvalue weighted by Crippen LogP contribution is -2.39. The van der Waals surface area contributed by atoms with Crippen LogP contribution in [0.4, 0.5) is 0 Å². The summed E-state index contributed by atoms with van der Waals surface area (Å²) in [4.78, 5) is 30.2. The Morgan fingerprint density at radius 2 is 1.38 bits per heavy atom. The Bertz CT molecular complexity index is 502. The highest BCUT2D eigenvalue weighted by molar-refractivity contribution is 5.74. The summed E-state index contributed by atoms with van der Waals surface area (Å²) in [7, 11) is 0. The van der Waals surface area contributed by atoms with Crippen LogP contribution in [0.3, 0.4) is 0 Å². The average Bonchev–Trinajstić information content (AvgIpc) is 2.57.